The zero-order chi connectivity index (χ0) is 23.5. The summed E-state index contributed by atoms with van der Waals surface area (Å²) in [4.78, 5) is 13.2. The van der Waals surface area contributed by atoms with Crippen LogP contribution in [0.2, 0.25) is 0 Å². The number of anilines is 1. The number of nitrogens with one attached hydrogen (secondary N) is 1. The molecule has 1 N–H and O–H groups in total. The predicted octanol–water partition coefficient (Wildman–Crippen LogP) is 4.43. The molecule has 3 aromatic rings. The number of amides is 1. The molecule has 0 bridgehead atoms. The van der Waals surface area contributed by atoms with Crippen LogP contribution in [0.5, 0.6) is 17.4 Å². The van der Waals surface area contributed by atoms with Gasteiger partial charge in [0.2, 0.25) is 0 Å². The van der Waals surface area contributed by atoms with Gasteiger partial charge in [-0.05, 0) is 36.4 Å². The van der Waals surface area contributed by atoms with Crippen LogP contribution in [0, 0.1) is 5.82 Å². The minimum Gasteiger partial charge on any atom is -0.493 e. The summed E-state index contributed by atoms with van der Waals surface area (Å²) in [7, 11) is -0.108. The zero-order valence-electron chi connectivity index (χ0n) is 16.6. The number of halogens is 4. The first-order chi connectivity index (χ1) is 15.1. The Morgan fingerprint density at radius 1 is 1.06 bits per heavy atom. The molecule has 0 aliphatic heterocycles. The van der Waals surface area contributed by atoms with E-state index in [1.54, 1.807) is 6.07 Å². The molecule has 12 heteroatoms. The molecule has 0 unspecified atom stereocenters. The van der Waals surface area contributed by atoms with Crippen molar-refractivity contribution in [1.82, 2.24) is 10.2 Å². The average Bonchev–Trinajstić information content (AvgIpc) is 2.74. The Morgan fingerprint density at radius 3 is 2.47 bits per heavy atom. The van der Waals surface area contributed by atoms with Crippen LogP contribution in [0.1, 0.15) is 16.1 Å². The van der Waals surface area contributed by atoms with Gasteiger partial charge < -0.3 is 14.8 Å². The Labute approximate surface area is 181 Å². The van der Waals surface area contributed by atoms with Crippen molar-refractivity contribution in [3.63, 3.8) is 0 Å². The summed E-state index contributed by atoms with van der Waals surface area (Å²) in [5, 5.41) is 8.88. The van der Waals surface area contributed by atoms with E-state index in [0.717, 1.165) is 18.2 Å². The maximum absolute atomic E-state index is 13.4. The molecule has 1 heterocycles. The summed E-state index contributed by atoms with van der Waals surface area (Å²) < 4.78 is 74.9. The fourth-order valence-electron chi connectivity index (χ4n) is 2.54. The lowest BCUT2D eigenvalue weighted by atomic mass is 10.2. The van der Waals surface area contributed by atoms with Crippen molar-refractivity contribution in [3.8, 4) is 17.4 Å². The second-order valence-electron chi connectivity index (χ2n) is 6.28. The summed E-state index contributed by atoms with van der Waals surface area (Å²) in [6, 6.07) is 9.64. The van der Waals surface area contributed by atoms with Gasteiger partial charge in [0, 0.05) is 33.7 Å². The van der Waals surface area contributed by atoms with Crippen LogP contribution in [-0.2, 0) is 17.0 Å². The van der Waals surface area contributed by atoms with Gasteiger partial charge in [-0.2, -0.15) is 13.2 Å². The number of ether oxygens (including phenoxy) is 2. The highest BCUT2D eigenvalue weighted by molar-refractivity contribution is 7.84. The first kappa shape index (κ1) is 23.1. The first-order valence-electron chi connectivity index (χ1n) is 8.79. The van der Waals surface area contributed by atoms with Crippen LogP contribution >= 0.6 is 0 Å². The molecular weight excluding hydrogens is 454 g/mol. The average molecular weight is 469 g/mol. The molecule has 0 radical (unpaired) electrons. The number of hydrogen-bond donors (Lipinski definition) is 1. The third-order valence-corrected chi connectivity index (χ3v) is 4.97. The van der Waals surface area contributed by atoms with Gasteiger partial charge in [-0.25, -0.2) is 4.39 Å². The lowest BCUT2D eigenvalue weighted by molar-refractivity contribution is -0.141. The Kier molecular flexibility index (Phi) is 6.72. The molecule has 3 rings (SSSR count). The molecule has 0 saturated heterocycles. The molecule has 1 atom stereocenters. The number of carbonyl (C=O) groups excluding carboxylic acids is 1. The Balaban J connectivity index is 2.01. The van der Waals surface area contributed by atoms with Crippen molar-refractivity contribution in [2.24, 2.45) is 0 Å². The van der Waals surface area contributed by atoms with E-state index in [1.165, 1.54) is 31.6 Å². The van der Waals surface area contributed by atoms with E-state index < -0.39 is 45.8 Å². The number of rotatable bonds is 6. The van der Waals surface area contributed by atoms with Gasteiger partial charge in [0.25, 0.3) is 11.8 Å². The zero-order valence-corrected chi connectivity index (χ0v) is 17.4. The van der Waals surface area contributed by atoms with Crippen LogP contribution in [0.15, 0.2) is 53.4 Å². The number of benzene rings is 2. The number of methoxy groups -OCH3 is 1. The van der Waals surface area contributed by atoms with Crippen molar-refractivity contribution in [2.45, 2.75) is 11.1 Å². The molecule has 0 aliphatic carbocycles. The van der Waals surface area contributed by atoms with Crippen molar-refractivity contribution in [3.05, 3.63) is 65.6 Å². The summed E-state index contributed by atoms with van der Waals surface area (Å²) in [6.07, 6.45) is -3.43. The summed E-state index contributed by atoms with van der Waals surface area (Å²) in [5.41, 5.74) is -1.80. The van der Waals surface area contributed by atoms with Gasteiger partial charge in [0.1, 0.15) is 11.4 Å². The standard InChI is InChI=1S/C20H15F4N3O4S/c1-30-16-8-11(21)6-7-15(16)31-19-14(10-17(26-27-19)20(22,23)24)18(28)25-12-4-3-5-13(9-12)32(2)29/h3-10H,1-2H3,(H,25,28)/t32-/m0/s1. The fourth-order valence-corrected chi connectivity index (χ4v) is 3.10. The van der Waals surface area contributed by atoms with Gasteiger partial charge >= 0.3 is 6.18 Å². The molecule has 0 saturated carbocycles. The summed E-state index contributed by atoms with van der Waals surface area (Å²) in [6.45, 7) is 0. The van der Waals surface area contributed by atoms with Crippen molar-refractivity contribution < 1.29 is 36.0 Å². The quantitative estimate of drug-likeness (QED) is 0.538. The SMILES string of the molecule is COc1cc(F)ccc1Oc1nnc(C(F)(F)F)cc1C(=O)Nc1cccc([S@](C)=O)c1. The molecule has 2 aromatic carbocycles. The van der Waals surface area contributed by atoms with Gasteiger partial charge in [0.05, 0.1) is 7.11 Å². The number of alkyl halides is 3. The lowest BCUT2D eigenvalue weighted by Gasteiger charge is -2.14. The highest BCUT2D eigenvalue weighted by Gasteiger charge is 2.35. The third-order valence-electron chi connectivity index (χ3n) is 4.05. The second kappa shape index (κ2) is 9.30. The van der Waals surface area contributed by atoms with Crippen molar-refractivity contribution in [1.29, 1.82) is 0 Å². The molecule has 7 nitrogen and oxygen atoms in total. The molecule has 32 heavy (non-hydrogen) atoms. The minimum absolute atomic E-state index is 0.0730. The first-order valence-corrected chi connectivity index (χ1v) is 10.4. The summed E-state index contributed by atoms with van der Waals surface area (Å²) >= 11 is 0. The molecule has 0 fully saturated rings. The van der Waals surface area contributed by atoms with E-state index in [1.807, 2.05) is 0 Å². The van der Waals surface area contributed by atoms with Crippen LogP contribution in [-0.4, -0.2) is 33.7 Å². The van der Waals surface area contributed by atoms with Crippen molar-refractivity contribution >= 4 is 22.4 Å². The molecule has 0 spiro atoms. The monoisotopic (exact) mass is 469 g/mol. The predicted molar refractivity (Wildman–Crippen MR) is 107 cm³/mol. The normalized spacial score (nSPS) is 12.2. The lowest BCUT2D eigenvalue weighted by Crippen LogP contribution is -2.18. The van der Waals surface area contributed by atoms with Crippen LogP contribution in [0.4, 0.5) is 23.2 Å². The molecule has 168 valence electrons. The highest BCUT2D eigenvalue weighted by Crippen LogP contribution is 2.35. The third kappa shape index (κ3) is 5.38. The highest BCUT2D eigenvalue weighted by atomic mass is 32.2. The Morgan fingerprint density at radius 2 is 1.81 bits per heavy atom. The van der Waals surface area contributed by atoms with Gasteiger partial charge in [-0.15, -0.1) is 10.2 Å². The minimum atomic E-state index is -4.87. The van der Waals surface area contributed by atoms with E-state index in [-0.39, 0.29) is 17.2 Å². The number of aromatic nitrogens is 2. The number of hydrogen-bond acceptors (Lipinski definition) is 6. The van der Waals surface area contributed by atoms with E-state index in [2.05, 4.69) is 15.5 Å². The van der Waals surface area contributed by atoms with Crippen LogP contribution in [0.3, 0.4) is 0 Å². The van der Waals surface area contributed by atoms with Crippen LogP contribution in [0.25, 0.3) is 0 Å². The Hall–Kier alpha value is -3.54. The largest absolute Gasteiger partial charge is 0.493 e. The molecule has 1 aromatic heterocycles. The van der Waals surface area contributed by atoms with Crippen LogP contribution < -0.4 is 14.8 Å². The van der Waals surface area contributed by atoms with Gasteiger partial charge in [0.15, 0.2) is 17.2 Å². The van der Waals surface area contributed by atoms with E-state index >= 15 is 0 Å². The van der Waals surface area contributed by atoms with Gasteiger partial charge in [-0.3, -0.25) is 9.00 Å². The molecule has 0 aliphatic rings. The smallest absolute Gasteiger partial charge is 0.435 e. The van der Waals surface area contributed by atoms with E-state index in [9.17, 15) is 26.6 Å². The fraction of sp³-hybridized carbons (Fsp3) is 0.150. The number of nitrogens with zero attached hydrogens (tertiary/aromatic N) is 2. The molecular formula is C20H15F4N3O4S. The number of carbonyl (C=O) groups is 1. The van der Waals surface area contributed by atoms with Gasteiger partial charge in [-0.1, -0.05) is 6.07 Å². The van der Waals surface area contributed by atoms with E-state index in [4.69, 9.17) is 9.47 Å². The maximum atomic E-state index is 13.4. The summed E-state index contributed by atoms with van der Waals surface area (Å²) in [5.74, 6) is -2.36. The Bertz CT molecular complexity index is 1190. The van der Waals surface area contributed by atoms with Crippen molar-refractivity contribution in [2.75, 3.05) is 18.7 Å². The van der Waals surface area contributed by atoms with E-state index in [0.29, 0.717) is 11.0 Å². The second-order valence-corrected chi connectivity index (χ2v) is 7.66. The maximum Gasteiger partial charge on any atom is 0.435 e. The molecule has 1 amide bonds. The topological polar surface area (TPSA) is 90.4 Å².